The van der Waals surface area contributed by atoms with E-state index >= 15 is 0 Å². The Kier molecular flexibility index (Phi) is 8.59. The number of rotatable bonds is 4. The highest BCUT2D eigenvalue weighted by Gasteiger charge is 1.99. The smallest absolute Gasteiger partial charge is 0.134 e. The Labute approximate surface area is 137 Å². The Hall–Kier alpha value is -1.49. The second kappa shape index (κ2) is 10.3. The van der Waals surface area contributed by atoms with Gasteiger partial charge in [-0.15, -0.1) is 0 Å². The molecule has 21 heavy (non-hydrogen) atoms. The molecule has 0 bridgehead atoms. The van der Waals surface area contributed by atoms with Crippen LogP contribution < -0.4 is 4.74 Å². The van der Waals surface area contributed by atoms with Crippen molar-refractivity contribution in [3.63, 3.8) is 0 Å². The Morgan fingerprint density at radius 3 is 2.38 bits per heavy atom. The molecule has 2 aromatic carbocycles. The molecule has 0 aliphatic heterocycles. The Morgan fingerprint density at radius 2 is 1.86 bits per heavy atom. The topological polar surface area (TPSA) is 46.5 Å². The Balaban J connectivity index is 0.000000262. The van der Waals surface area contributed by atoms with E-state index in [0.29, 0.717) is 30.0 Å². The van der Waals surface area contributed by atoms with Gasteiger partial charge in [0.1, 0.15) is 11.5 Å². The summed E-state index contributed by atoms with van der Waals surface area (Å²) >= 11 is 11.6. The van der Waals surface area contributed by atoms with E-state index < -0.39 is 0 Å². The molecular formula is C15H14Cl2O3S. The molecule has 0 fully saturated rings. The first-order valence-electron chi connectivity index (χ1n) is 6.05. The van der Waals surface area contributed by atoms with Crippen molar-refractivity contribution in [3.05, 3.63) is 58.6 Å². The van der Waals surface area contributed by atoms with Crippen LogP contribution in [0, 0.1) is 0 Å². The average molecular weight is 345 g/mol. The fraction of sp³-hybridized carbons (Fsp3) is 0.133. The fourth-order valence-electron chi connectivity index (χ4n) is 1.27. The van der Waals surface area contributed by atoms with Crippen LogP contribution >= 0.6 is 23.2 Å². The van der Waals surface area contributed by atoms with Crippen LogP contribution in [0.5, 0.6) is 11.5 Å². The molecule has 0 saturated heterocycles. The van der Waals surface area contributed by atoms with Crippen LogP contribution in [0.4, 0.5) is 0 Å². The number of phenolic OH excluding ortho intramolecular Hbond substituents is 1. The molecule has 0 aromatic heterocycles. The molecule has 0 aliphatic carbocycles. The van der Waals surface area contributed by atoms with Crippen LogP contribution in [-0.2, 0) is 11.3 Å². The van der Waals surface area contributed by atoms with E-state index in [1.807, 2.05) is 30.3 Å². The lowest BCUT2D eigenvalue weighted by Crippen LogP contribution is -1.97. The molecule has 112 valence electrons. The summed E-state index contributed by atoms with van der Waals surface area (Å²) < 4.78 is 15.3. The maximum atomic E-state index is 9.99. The molecule has 2 aromatic rings. The number of benzene rings is 2. The molecule has 0 radical (unpaired) electrons. The van der Waals surface area contributed by atoms with Crippen molar-refractivity contribution < 1.29 is 14.1 Å². The van der Waals surface area contributed by atoms with Gasteiger partial charge in [-0.2, -0.15) is 0 Å². The third kappa shape index (κ3) is 7.75. The highest BCUT2D eigenvalue weighted by atomic mass is 35.5. The third-order valence-electron chi connectivity index (χ3n) is 2.22. The first-order chi connectivity index (χ1) is 10.1. The van der Waals surface area contributed by atoms with Gasteiger partial charge in [-0.05, 0) is 24.3 Å². The molecule has 0 spiro atoms. The highest BCUT2D eigenvalue weighted by Crippen LogP contribution is 2.27. The molecule has 0 heterocycles. The molecule has 2 rings (SSSR count). The van der Waals surface area contributed by atoms with Gasteiger partial charge < -0.3 is 9.84 Å². The van der Waals surface area contributed by atoms with Crippen molar-refractivity contribution >= 4 is 39.8 Å². The van der Waals surface area contributed by atoms with Gasteiger partial charge in [-0.3, -0.25) is 0 Å². The van der Waals surface area contributed by atoms with Gasteiger partial charge in [0.2, 0.25) is 0 Å². The number of hydrogen-bond donors (Lipinski definition) is 1. The Bertz CT molecular complexity index is 599. The maximum absolute atomic E-state index is 9.99. The second-order valence-corrected chi connectivity index (χ2v) is 5.18. The first kappa shape index (κ1) is 17.6. The van der Waals surface area contributed by atoms with Crippen molar-refractivity contribution in [3.8, 4) is 11.5 Å². The van der Waals surface area contributed by atoms with E-state index in [2.05, 4.69) is 0 Å². The summed E-state index contributed by atoms with van der Waals surface area (Å²) in [6, 6.07) is 14.1. The van der Waals surface area contributed by atoms with Crippen molar-refractivity contribution in [1.29, 1.82) is 0 Å². The third-order valence-corrected chi connectivity index (χ3v) is 3.15. The van der Waals surface area contributed by atoms with E-state index in [1.165, 1.54) is 17.5 Å². The van der Waals surface area contributed by atoms with Gasteiger partial charge in [0, 0.05) is 22.9 Å². The van der Waals surface area contributed by atoms with Crippen LogP contribution in [-0.4, -0.2) is 21.3 Å². The van der Waals surface area contributed by atoms with Crippen LogP contribution in [0.2, 0.25) is 10.0 Å². The lowest BCUT2D eigenvalue weighted by molar-refractivity contribution is 0.330. The van der Waals surface area contributed by atoms with Gasteiger partial charge in [-0.1, -0.05) is 41.4 Å². The van der Waals surface area contributed by atoms with Crippen molar-refractivity contribution in [2.45, 2.75) is 6.42 Å². The average Bonchev–Trinajstić information content (AvgIpc) is 2.49. The summed E-state index contributed by atoms with van der Waals surface area (Å²) in [5.74, 6) is 0.609. The molecule has 0 amide bonds. The monoisotopic (exact) mass is 344 g/mol. The summed E-state index contributed by atoms with van der Waals surface area (Å²) in [7, 11) is 0. The molecule has 3 nitrogen and oxygen atoms in total. The fourth-order valence-corrected chi connectivity index (χ4v) is 1.77. The van der Waals surface area contributed by atoms with E-state index in [9.17, 15) is 4.21 Å². The SMILES string of the molecule is Clc1ccccc1.O=S=CCCOc1ccc(O)c(Cl)c1. The molecule has 6 heteroatoms. The van der Waals surface area contributed by atoms with Crippen molar-refractivity contribution in [1.82, 2.24) is 0 Å². The summed E-state index contributed by atoms with van der Waals surface area (Å²) in [6.45, 7) is 0.427. The zero-order valence-corrected chi connectivity index (χ0v) is 13.4. The Morgan fingerprint density at radius 1 is 1.14 bits per heavy atom. The summed E-state index contributed by atoms with van der Waals surface area (Å²) in [5.41, 5.74) is 0. The van der Waals surface area contributed by atoms with Gasteiger partial charge >= 0.3 is 0 Å². The molecule has 0 saturated carbocycles. The molecule has 1 N–H and O–H groups in total. The number of hydrogen-bond acceptors (Lipinski definition) is 3. The van der Waals surface area contributed by atoms with Crippen LogP contribution in [0.15, 0.2) is 48.5 Å². The minimum Gasteiger partial charge on any atom is -0.506 e. The molecular weight excluding hydrogens is 331 g/mol. The lowest BCUT2D eigenvalue weighted by Gasteiger charge is -2.04. The van der Waals surface area contributed by atoms with Gasteiger partial charge in [0.15, 0.2) is 0 Å². The van der Waals surface area contributed by atoms with Gasteiger partial charge in [-0.25, -0.2) is 4.21 Å². The van der Waals surface area contributed by atoms with Crippen molar-refractivity contribution in [2.75, 3.05) is 6.61 Å². The first-order valence-corrected chi connectivity index (χ1v) is 7.61. The molecule has 0 unspecified atom stereocenters. The number of halogens is 2. The van der Waals surface area contributed by atoms with Crippen LogP contribution in [0.25, 0.3) is 0 Å². The highest BCUT2D eigenvalue weighted by molar-refractivity contribution is 7.64. The summed E-state index contributed by atoms with van der Waals surface area (Å²) in [6.07, 6.45) is 0.576. The number of aromatic hydroxyl groups is 1. The minimum atomic E-state index is 0.0284. The quantitative estimate of drug-likeness (QED) is 0.668. The largest absolute Gasteiger partial charge is 0.506 e. The predicted octanol–water partition coefficient (Wildman–Crippen LogP) is 4.17. The van der Waals surface area contributed by atoms with Crippen molar-refractivity contribution in [2.24, 2.45) is 0 Å². The molecule has 0 atom stereocenters. The maximum Gasteiger partial charge on any atom is 0.134 e. The van der Waals surface area contributed by atoms with E-state index in [4.69, 9.17) is 33.0 Å². The van der Waals surface area contributed by atoms with E-state index in [0.717, 1.165) is 5.02 Å². The molecule has 0 aliphatic rings. The predicted molar refractivity (Wildman–Crippen MR) is 88.9 cm³/mol. The van der Waals surface area contributed by atoms with Gasteiger partial charge in [0.25, 0.3) is 0 Å². The number of ether oxygens (including phenoxy) is 1. The van der Waals surface area contributed by atoms with E-state index in [1.54, 1.807) is 6.07 Å². The van der Waals surface area contributed by atoms with E-state index in [-0.39, 0.29) is 10.8 Å². The second-order valence-electron chi connectivity index (χ2n) is 3.81. The zero-order chi connectivity index (χ0) is 15.5. The standard InChI is InChI=1S/C9H9ClO3S.C6H5Cl/c10-8-6-7(2-3-9(8)11)13-4-1-5-14-12;7-6-4-2-1-3-5-6/h2-3,5-6,11H,1,4H2;1-5H. The lowest BCUT2D eigenvalue weighted by atomic mass is 10.3. The zero-order valence-electron chi connectivity index (χ0n) is 11.0. The minimum absolute atomic E-state index is 0.0284. The summed E-state index contributed by atoms with van der Waals surface area (Å²) in [5, 5.41) is 11.7. The van der Waals surface area contributed by atoms with Crippen LogP contribution in [0.1, 0.15) is 6.42 Å². The number of phenols is 1. The normalized spacial score (nSPS) is 9.24. The van der Waals surface area contributed by atoms with Crippen LogP contribution in [0.3, 0.4) is 0 Å². The van der Waals surface area contributed by atoms with Gasteiger partial charge in [0.05, 0.1) is 22.9 Å². The summed E-state index contributed by atoms with van der Waals surface area (Å²) in [4.78, 5) is 0.